The molecule has 0 spiro atoms. The molecule has 0 fully saturated rings. The van der Waals surface area contributed by atoms with Gasteiger partial charge in [0.05, 0.1) is 12.1 Å². The summed E-state index contributed by atoms with van der Waals surface area (Å²) in [5, 5.41) is 26.4. The maximum Gasteiger partial charge on any atom is 0.336 e. The predicted molar refractivity (Wildman–Crippen MR) is 126 cm³/mol. The number of nitrogens with one attached hydrogen (secondary N) is 2. The van der Waals surface area contributed by atoms with Crippen LogP contribution in [0.4, 0.5) is 5.69 Å². The molecule has 0 amide bonds. The van der Waals surface area contributed by atoms with Gasteiger partial charge in [-0.1, -0.05) is 12.0 Å². The van der Waals surface area contributed by atoms with Crippen molar-refractivity contribution in [3.05, 3.63) is 70.4 Å². The number of phenolic OH excluding ortho intramolecular Hbond substituents is 1. The van der Waals surface area contributed by atoms with Gasteiger partial charge in [0.2, 0.25) is 0 Å². The van der Waals surface area contributed by atoms with Crippen LogP contribution in [0, 0.1) is 12.3 Å². The van der Waals surface area contributed by atoms with Crippen LogP contribution in [0.2, 0.25) is 0 Å². The first-order valence-electron chi connectivity index (χ1n) is 9.43. The van der Waals surface area contributed by atoms with Crippen molar-refractivity contribution in [1.82, 2.24) is 5.32 Å². The van der Waals surface area contributed by atoms with Gasteiger partial charge in [0.25, 0.3) is 0 Å². The smallest absolute Gasteiger partial charge is 0.336 e. The van der Waals surface area contributed by atoms with E-state index in [1.54, 1.807) is 24.3 Å². The average Bonchev–Trinajstić information content (AvgIpc) is 2.76. The van der Waals surface area contributed by atoms with E-state index in [0.29, 0.717) is 33.3 Å². The van der Waals surface area contributed by atoms with Crippen LogP contribution in [-0.4, -0.2) is 27.8 Å². The Balaban J connectivity index is 1.95. The SMILES string of the molecule is C#CCNC(=S)Nc1ccc(-c2c3ccc(=O)cc-3oc3cc(O)ccc23)c(C(=O)O)c1. The molecule has 7 nitrogen and oxygen atoms in total. The maximum atomic E-state index is 12.2. The number of phenols is 1. The maximum absolute atomic E-state index is 12.2. The van der Waals surface area contributed by atoms with Crippen molar-refractivity contribution < 1.29 is 19.4 Å². The summed E-state index contributed by atoms with van der Waals surface area (Å²) in [6.07, 6.45) is 5.21. The van der Waals surface area contributed by atoms with Crippen LogP contribution < -0.4 is 16.1 Å². The number of thiocarbonyl (C=S) groups is 1. The van der Waals surface area contributed by atoms with E-state index < -0.39 is 5.97 Å². The molecule has 0 aromatic heterocycles. The third kappa shape index (κ3) is 3.97. The van der Waals surface area contributed by atoms with Crippen LogP contribution in [0.25, 0.3) is 33.4 Å². The first kappa shape index (κ1) is 20.9. The summed E-state index contributed by atoms with van der Waals surface area (Å²) in [7, 11) is 0. The highest BCUT2D eigenvalue weighted by Crippen LogP contribution is 2.42. The Kier molecular flexibility index (Phi) is 5.50. The highest BCUT2D eigenvalue weighted by Gasteiger charge is 2.22. The van der Waals surface area contributed by atoms with Gasteiger partial charge in [-0.05, 0) is 54.2 Å². The predicted octanol–water partition coefficient (Wildman–Crippen LogP) is 3.89. The molecule has 4 N–H and O–H groups in total. The van der Waals surface area contributed by atoms with Gasteiger partial charge >= 0.3 is 5.97 Å². The number of rotatable bonds is 4. The van der Waals surface area contributed by atoms with E-state index in [4.69, 9.17) is 23.1 Å². The first-order chi connectivity index (χ1) is 15.4. The van der Waals surface area contributed by atoms with Gasteiger partial charge in [-0.3, -0.25) is 4.79 Å². The van der Waals surface area contributed by atoms with E-state index >= 15 is 0 Å². The van der Waals surface area contributed by atoms with E-state index in [2.05, 4.69) is 16.6 Å². The standard InChI is InChI=1S/C24H16N2O5S/c1-2-9-25-24(32)26-13-3-6-16(19(10-13)23(29)30)22-17-7-4-14(27)11-20(17)31-21-12-15(28)5-8-18(21)22/h1,3-8,10-12,27H,9H2,(H,29,30)(H2,25,26,32). The fourth-order valence-electron chi connectivity index (χ4n) is 3.47. The second-order valence-electron chi connectivity index (χ2n) is 6.89. The first-order valence-corrected chi connectivity index (χ1v) is 9.84. The van der Waals surface area contributed by atoms with Crippen LogP contribution in [-0.2, 0) is 0 Å². The number of terminal acetylenes is 1. The van der Waals surface area contributed by atoms with Crippen LogP contribution in [0.3, 0.4) is 0 Å². The number of hydrogen-bond donors (Lipinski definition) is 4. The van der Waals surface area contributed by atoms with E-state index in [-0.39, 0.29) is 34.2 Å². The molecule has 2 aromatic carbocycles. The van der Waals surface area contributed by atoms with Crippen LogP contribution >= 0.6 is 12.2 Å². The normalized spacial score (nSPS) is 10.6. The topological polar surface area (TPSA) is 112 Å². The molecule has 2 aromatic rings. The van der Waals surface area contributed by atoms with E-state index in [1.165, 1.54) is 30.3 Å². The number of carboxylic acid groups (broad SMARTS) is 1. The minimum atomic E-state index is -1.15. The number of fused-ring (bicyclic) bond motifs is 2. The van der Waals surface area contributed by atoms with Crippen molar-refractivity contribution in [3.8, 4) is 40.5 Å². The summed E-state index contributed by atoms with van der Waals surface area (Å²) in [6.45, 7) is 0.232. The number of anilines is 1. The van der Waals surface area contributed by atoms with Gasteiger partial charge in [0, 0.05) is 34.3 Å². The molecule has 1 heterocycles. The molecule has 4 rings (SSSR count). The van der Waals surface area contributed by atoms with Gasteiger partial charge in [0.1, 0.15) is 17.1 Å². The third-order valence-corrected chi connectivity index (χ3v) is 5.05. The van der Waals surface area contributed by atoms with Gasteiger partial charge in [-0.25, -0.2) is 4.79 Å². The van der Waals surface area contributed by atoms with E-state index in [9.17, 15) is 19.8 Å². The minimum absolute atomic E-state index is 0.0165. The zero-order valence-electron chi connectivity index (χ0n) is 16.5. The lowest BCUT2D eigenvalue weighted by Gasteiger charge is -2.17. The Hall–Kier alpha value is -4.35. The molecule has 0 unspecified atom stereocenters. The second-order valence-corrected chi connectivity index (χ2v) is 7.30. The van der Waals surface area contributed by atoms with Crippen molar-refractivity contribution in [2.75, 3.05) is 11.9 Å². The molecule has 1 aliphatic carbocycles. The second kappa shape index (κ2) is 8.41. The monoisotopic (exact) mass is 444 g/mol. The summed E-state index contributed by atoms with van der Waals surface area (Å²) in [5.41, 5.74) is 2.10. The molecule has 32 heavy (non-hydrogen) atoms. The third-order valence-electron chi connectivity index (χ3n) is 4.81. The summed E-state index contributed by atoms with van der Waals surface area (Å²) in [4.78, 5) is 24.1. The lowest BCUT2D eigenvalue weighted by molar-refractivity contribution is 0.0698. The summed E-state index contributed by atoms with van der Waals surface area (Å²) >= 11 is 5.16. The summed E-state index contributed by atoms with van der Waals surface area (Å²) in [5.74, 6) is 1.52. The van der Waals surface area contributed by atoms with Crippen molar-refractivity contribution in [2.24, 2.45) is 0 Å². The Morgan fingerprint density at radius 1 is 1.09 bits per heavy atom. The van der Waals surface area contributed by atoms with Crippen molar-refractivity contribution >= 4 is 40.0 Å². The number of hydrogen-bond acceptors (Lipinski definition) is 5. The van der Waals surface area contributed by atoms with Crippen LogP contribution in [0.1, 0.15) is 10.4 Å². The lowest BCUT2D eigenvalue weighted by Crippen LogP contribution is -2.28. The number of carbonyl (C=O) groups is 1. The number of carboxylic acids is 1. The molecule has 0 atom stereocenters. The molecular weight excluding hydrogens is 428 g/mol. The Bertz CT molecular complexity index is 1450. The fraction of sp³-hybridized carbons (Fsp3) is 0.0417. The minimum Gasteiger partial charge on any atom is -0.508 e. The highest BCUT2D eigenvalue weighted by atomic mass is 32.1. The quantitative estimate of drug-likeness (QED) is 0.213. The van der Waals surface area contributed by atoms with Crippen molar-refractivity contribution in [2.45, 2.75) is 0 Å². The molecular formula is C24H16N2O5S. The van der Waals surface area contributed by atoms with Gasteiger partial charge < -0.3 is 25.3 Å². The molecule has 0 saturated carbocycles. The molecule has 0 radical (unpaired) electrons. The van der Waals surface area contributed by atoms with Crippen molar-refractivity contribution in [3.63, 3.8) is 0 Å². The van der Waals surface area contributed by atoms with Gasteiger partial charge in [-0.15, -0.1) is 6.42 Å². The van der Waals surface area contributed by atoms with Crippen LogP contribution in [0.15, 0.2) is 63.8 Å². The Labute approximate surface area is 187 Å². The molecule has 8 heteroatoms. The van der Waals surface area contributed by atoms with Gasteiger partial charge in [-0.2, -0.15) is 0 Å². The zero-order valence-corrected chi connectivity index (χ0v) is 17.3. The average molecular weight is 444 g/mol. The van der Waals surface area contributed by atoms with E-state index in [0.717, 1.165) is 0 Å². The number of aromatic carboxylic acids is 1. The Morgan fingerprint density at radius 2 is 1.88 bits per heavy atom. The summed E-state index contributed by atoms with van der Waals surface area (Å²) < 4.78 is 5.82. The van der Waals surface area contributed by atoms with Crippen LogP contribution in [0.5, 0.6) is 5.75 Å². The molecule has 158 valence electrons. The lowest BCUT2D eigenvalue weighted by atomic mass is 9.90. The zero-order chi connectivity index (χ0) is 22.8. The number of aromatic hydroxyl groups is 1. The largest absolute Gasteiger partial charge is 0.508 e. The molecule has 0 bridgehead atoms. The fourth-order valence-corrected chi connectivity index (χ4v) is 3.66. The summed E-state index contributed by atoms with van der Waals surface area (Å²) in [6, 6.07) is 13.7. The highest BCUT2D eigenvalue weighted by molar-refractivity contribution is 7.80. The van der Waals surface area contributed by atoms with Gasteiger partial charge in [0.15, 0.2) is 10.5 Å². The Morgan fingerprint density at radius 3 is 2.62 bits per heavy atom. The molecule has 1 aliphatic heterocycles. The van der Waals surface area contributed by atoms with Crippen molar-refractivity contribution in [1.29, 1.82) is 0 Å². The number of benzene rings is 3. The molecule has 2 aliphatic rings. The molecule has 0 saturated heterocycles. The van der Waals surface area contributed by atoms with E-state index in [1.807, 2.05) is 0 Å².